The van der Waals surface area contributed by atoms with Gasteiger partial charge in [-0.2, -0.15) is 0 Å². The van der Waals surface area contributed by atoms with Crippen LogP contribution in [-0.4, -0.2) is 49.2 Å². The van der Waals surface area contributed by atoms with Crippen LogP contribution in [0.4, 0.5) is 0 Å². The van der Waals surface area contributed by atoms with E-state index in [1.807, 2.05) is 0 Å². The van der Waals surface area contributed by atoms with Crippen molar-refractivity contribution < 1.29 is 9.53 Å². The Labute approximate surface area is 128 Å². The van der Waals surface area contributed by atoms with Gasteiger partial charge in [0.1, 0.15) is 0 Å². The van der Waals surface area contributed by atoms with E-state index >= 15 is 0 Å². The number of ether oxygens (including phenoxy) is 1. The fourth-order valence-electron chi connectivity index (χ4n) is 4.08. The summed E-state index contributed by atoms with van der Waals surface area (Å²) in [6, 6.07) is 0.457. The number of rotatable bonds is 4. The van der Waals surface area contributed by atoms with Gasteiger partial charge in [-0.1, -0.05) is 6.92 Å². The molecule has 0 radical (unpaired) electrons. The van der Waals surface area contributed by atoms with Gasteiger partial charge in [0.25, 0.3) is 0 Å². The van der Waals surface area contributed by atoms with Crippen LogP contribution in [0.1, 0.15) is 51.9 Å². The summed E-state index contributed by atoms with van der Waals surface area (Å²) >= 11 is 0. The summed E-state index contributed by atoms with van der Waals surface area (Å²) in [5.41, 5.74) is 0. The van der Waals surface area contributed by atoms with Crippen molar-refractivity contribution in [2.45, 2.75) is 64.0 Å². The Morgan fingerprint density at radius 1 is 1.19 bits per heavy atom. The number of nitrogens with one attached hydrogen (secondary N) is 1. The molecule has 2 aliphatic heterocycles. The normalized spacial score (nSPS) is 36.8. The van der Waals surface area contributed by atoms with E-state index in [0.717, 1.165) is 51.4 Å². The summed E-state index contributed by atoms with van der Waals surface area (Å²) in [7, 11) is 0. The fourth-order valence-corrected chi connectivity index (χ4v) is 4.08. The molecule has 3 rings (SSSR count). The Hall–Kier alpha value is -0.610. The van der Waals surface area contributed by atoms with Crippen molar-refractivity contribution in [3.63, 3.8) is 0 Å². The summed E-state index contributed by atoms with van der Waals surface area (Å²) in [6.07, 6.45) is 8.45. The third-order valence-electron chi connectivity index (χ3n) is 5.54. The minimum absolute atomic E-state index is 0.200. The lowest BCUT2D eigenvalue weighted by molar-refractivity contribution is -0.140. The molecule has 0 bridgehead atoms. The molecule has 120 valence electrons. The van der Waals surface area contributed by atoms with E-state index in [2.05, 4.69) is 17.1 Å². The molecule has 0 aromatic heterocycles. The van der Waals surface area contributed by atoms with Gasteiger partial charge < -0.3 is 15.0 Å². The van der Waals surface area contributed by atoms with Crippen molar-refractivity contribution in [3.8, 4) is 0 Å². The molecule has 1 N–H and O–H groups in total. The molecule has 1 aliphatic carbocycles. The van der Waals surface area contributed by atoms with Gasteiger partial charge in [-0.25, -0.2) is 0 Å². The standard InChI is InChI=1S/C17H30N2O2/c1-13-4-6-15(7-5-13)19(12-16-3-2-10-21-16)17(20)14-8-9-18-11-14/h13-16,18H,2-12H2,1H3. The Morgan fingerprint density at radius 2 is 2.00 bits per heavy atom. The Balaban J connectivity index is 1.65. The van der Waals surface area contributed by atoms with Crippen molar-refractivity contribution >= 4 is 5.91 Å². The van der Waals surface area contributed by atoms with Crippen molar-refractivity contribution in [2.24, 2.45) is 11.8 Å². The van der Waals surface area contributed by atoms with Gasteiger partial charge in [0.2, 0.25) is 5.91 Å². The molecule has 3 fully saturated rings. The van der Waals surface area contributed by atoms with E-state index < -0.39 is 0 Å². The van der Waals surface area contributed by atoms with Gasteiger partial charge in [0.05, 0.1) is 12.0 Å². The molecular formula is C17H30N2O2. The molecule has 1 saturated carbocycles. The number of carbonyl (C=O) groups excluding carboxylic acids is 1. The zero-order chi connectivity index (χ0) is 14.7. The Bertz CT molecular complexity index is 341. The SMILES string of the molecule is CC1CCC(N(CC2CCCO2)C(=O)C2CCNC2)CC1. The van der Waals surface area contributed by atoms with Crippen LogP contribution in [0.15, 0.2) is 0 Å². The van der Waals surface area contributed by atoms with Crippen molar-refractivity contribution in [2.75, 3.05) is 26.2 Å². The number of hydrogen-bond donors (Lipinski definition) is 1. The third kappa shape index (κ3) is 3.78. The zero-order valence-corrected chi connectivity index (χ0v) is 13.4. The lowest BCUT2D eigenvalue weighted by Gasteiger charge is -2.38. The monoisotopic (exact) mass is 294 g/mol. The summed E-state index contributed by atoms with van der Waals surface area (Å²) in [5.74, 6) is 1.41. The zero-order valence-electron chi connectivity index (χ0n) is 13.4. The molecule has 2 heterocycles. The van der Waals surface area contributed by atoms with E-state index in [1.165, 1.54) is 25.7 Å². The van der Waals surface area contributed by atoms with Crippen molar-refractivity contribution in [1.82, 2.24) is 10.2 Å². The molecule has 3 aliphatic rings. The first kappa shape index (κ1) is 15.3. The molecule has 4 nitrogen and oxygen atoms in total. The van der Waals surface area contributed by atoms with Gasteiger partial charge >= 0.3 is 0 Å². The highest BCUT2D eigenvalue weighted by Gasteiger charge is 2.35. The van der Waals surface area contributed by atoms with Crippen LogP contribution in [0.2, 0.25) is 0 Å². The molecule has 4 heteroatoms. The maximum atomic E-state index is 12.9. The van der Waals surface area contributed by atoms with Crippen molar-refractivity contribution in [3.05, 3.63) is 0 Å². The fraction of sp³-hybridized carbons (Fsp3) is 0.941. The summed E-state index contributed by atoms with van der Waals surface area (Å²) in [5, 5.41) is 3.33. The number of hydrogen-bond acceptors (Lipinski definition) is 3. The summed E-state index contributed by atoms with van der Waals surface area (Å²) in [6.45, 7) is 5.90. The molecule has 2 saturated heterocycles. The van der Waals surface area contributed by atoms with E-state index in [1.54, 1.807) is 0 Å². The average Bonchev–Trinajstić information content (AvgIpc) is 3.18. The Kier molecular flexibility index (Phi) is 5.17. The molecule has 2 atom stereocenters. The third-order valence-corrected chi connectivity index (χ3v) is 5.54. The highest BCUT2D eigenvalue weighted by molar-refractivity contribution is 5.79. The van der Waals surface area contributed by atoms with E-state index in [9.17, 15) is 4.79 Å². The average molecular weight is 294 g/mol. The first-order valence-electron chi connectivity index (χ1n) is 8.87. The van der Waals surface area contributed by atoms with Gasteiger partial charge in [0.15, 0.2) is 0 Å². The van der Waals surface area contributed by atoms with Gasteiger partial charge in [-0.3, -0.25) is 4.79 Å². The first-order valence-corrected chi connectivity index (χ1v) is 8.87. The van der Waals surface area contributed by atoms with Crippen LogP contribution >= 0.6 is 0 Å². The molecule has 0 spiro atoms. The molecule has 1 amide bonds. The van der Waals surface area contributed by atoms with Crippen LogP contribution in [0, 0.1) is 11.8 Å². The van der Waals surface area contributed by atoms with Crippen LogP contribution in [-0.2, 0) is 9.53 Å². The van der Waals surface area contributed by atoms with Crippen molar-refractivity contribution in [1.29, 1.82) is 0 Å². The molecule has 0 aromatic rings. The van der Waals surface area contributed by atoms with Crippen LogP contribution in [0.5, 0.6) is 0 Å². The van der Waals surface area contributed by atoms with E-state index in [0.29, 0.717) is 11.9 Å². The highest BCUT2D eigenvalue weighted by Crippen LogP contribution is 2.29. The van der Waals surface area contributed by atoms with E-state index in [-0.39, 0.29) is 12.0 Å². The minimum Gasteiger partial charge on any atom is -0.376 e. The molecule has 21 heavy (non-hydrogen) atoms. The van der Waals surface area contributed by atoms with Gasteiger partial charge in [0, 0.05) is 25.7 Å². The summed E-state index contributed by atoms with van der Waals surface area (Å²) < 4.78 is 5.80. The predicted molar refractivity (Wildman–Crippen MR) is 83.1 cm³/mol. The first-order chi connectivity index (χ1) is 10.2. The number of amides is 1. The van der Waals surface area contributed by atoms with Crippen LogP contribution < -0.4 is 5.32 Å². The Morgan fingerprint density at radius 3 is 2.62 bits per heavy atom. The number of nitrogens with zero attached hydrogens (tertiary/aromatic N) is 1. The summed E-state index contributed by atoms with van der Waals surface area (Å²) in [4.78, 5) is 15.2. The molecule has 2 unspecified atom stereocenters. The second kappa shape index (κ2) is 7.10. The quantitative estimate of drug-likeness (QED) is 0.864. The second-order valence-electron chi connectivity index (χ2n) is 7.23. The largest absolute Gasteiger partial charge is 0.376 e. The highest BCUT2D eigenvalue weighted by atomic mass is 16.5. The van der Waals surface area contributed by atoms with Gasteiger partial charge in [-0.15, -0.1) is 0 Å². The minimum atomic E-state index is 0.200. The van der Waals surface area contributed by atoms with E-state index in [4.69, 9.17) is 4.74 Å². The lowest BCUT2D eigenvalue weighted by atomic mass is 9.86. The lowest BCUT2D eigenvalue weighted by Crippen LogP contribution is -2.48. The van der Waals surface area contributed by atoms with Gasteiger partial charge in [-0.05, 0) is 57.4 Å². The van der Waals surface area contributed by atoms with Crippen LogP contribution in [0.25, 0.3) is 0 Å². The topological polar surface area (TPSA) is 41.6 Å². The number of carbonyl (C=O) groups is 1. The maximum absolute atomic E-state index is 12.9. The molecular weight excluding hydrogens is 264 g/mol. The second-order valence-corrected chi connectivity index (χ2v) is 7.23. The molecule has 0 aromatic carbocycles. The maximum Gasteiger partial charge on any atom is 0.227 e. The smallest absolute Gasteiger partial charge is 0.227 e. The predicted octanol–water partition coefficient (Wildman–Crippen LogP) is 2.18. The van der Waals surface area contributed by atoms with Crippen LogP contribution in [0.3, 0.4) is 0 Å².